The molecule has 0 bridgehead atoms. The molecule has 0 saturated carbocycles. The molecule has 0 aliphatic heterocycles. The van der Waals surface area contributed by atoms with Crippen LogP contribution in [0.5, 0.6) is 0 Å². The van der Waals surface area contributed by atoms with Crippen LogP contribution in [-0.4, -0.2) is 0 Å². The average molecular weight is 398 g/mol. The Balaban J connectivity index is 0.00000110. The maximum atomic E-state index is 2.50. The molecule has 2 aliphatic carbocycles. The van der Waals surface area contributed by atoms with Gasteiger partial charge in [-0.25, -0.2) is 0 Å². The van der Waals surface area contributed by atoms with Gasteiger partial charge >= 0.3 is 128 Å². The maximum absolute atomic E-state index is 2.50. The van der Waals surface area contributed by atoms with Crippen LogP contribution in [-0.2, 0) is 23.2 Å². The second-order valence-corrected chi connectivity index (χ2v) is 10.0. The first-order chi connectivity index (χ1) is 9.13. The minimum atomic E-state index is -0.601. The monoisotopic (exact) mass is 396 g/mol. The molecule has 0 fully saturated rings. The van der Waals surface area contributed by atoms with E-state index in [-0.39, 0.29) is 24.8 Å². The quantitative estimate of drug-likeness (QED) is 0.628. The van der Waals surface area contributed by atoms with Crippen molar-refractivity contribution < 1.29 is 48.0 Å². The molecule has 0 N–H and O–H groups in total. The number of aryl methyl sites for hydroxylation is 1. The molecule has 110 valence electrons. The first-order valence-electron chi connectivity index (χ1n) is 7.11. The van der Waals surface area contributed by atoms with E-state index in [1.54, 1.807) is 8.84 Å². The Morgan fingerprint density at radius 2 is 1.81 bits per heavy atom. The molecule has 3 rings (SSSR count). The number of halogens is 2. The van der Waals surface area contributed by atoms with Gasteiger partial charge in [-0.1, -0.05) is 0 Å². The van der Waals surface area contributed by atoms with Crippen LogP contribution < -0.4 is 24.8 Å². The molecule has 1 unspecified atom stereocenters. The normalized spacial score (nSPS) is 20.1. The van der Waals surface area contributed by atoms with Gasteiger partial charge in [-0.05, 0) is 0 Å². The fourth-order valence-electron chi connectivity index (χ4n) is 3.00. The molecule has 0 saturated heterocycles. The number of allylic oxidation sites excluding steroid dienone is 5. The van der Waals surface area contributed by atoms with Crippen LogP contribution in [0.2, 0.25) is 3.12 Å². The van der Waals surface area contributed by atoms with Crippen LogP contribution >= 0.6 is 0 Å². The van der Waals surface area contributed by atoms with Gasteiger partial charge < -0.3 is 24.8 Å². The van der Waals surface area contributed by atoms with Crippen LogP contribution in [0.15, 0.2) is 45.8 Å². The molecule has 0 radical (unpaired) electrons. The van der Waals surface area contributed by atoms with Gasteiger partial charge in [-0.3, -0.25) is 0 Å². The van der Waals surface area contributed by atoms with Gasteiger partial charge in [-0.2, -0.15) is 0 Å². The summed E-state index contributed by atoms with van der Waals surface area (Å²) in [6.45, 7) is 6.91. The molecule has 1 aromatic carbocycles. The SMILES string of the molecule is CC[C]1([Zr+2][C]2=Cc3cc(C)ccc3C2C)C=CC=C1.[Cl-].[Cl-]. The van der Waals surface area contributed by atoms with E-state index in [4.69, 9.17) is 0 Å². The van der Waals surface area contributed by atoms with Crippen molar-refractivity contribution in [2.24, 2.45) is 0 Å². The first kappa shape index (κ1) is 19.0. The summed E-state index contributed by atoms with van der Waals surface area (Å²) in [5.74, 6) is 0.646. The van der Waals surface area contributed by atoms with Gasteiger partial charge in [0.2, 0.25) is 0 Å². The van der Waals surface area contributed by atoms with Crippen molar-refractivity contribution in [2.75, 3.05) is 0 Å². The maximum Gasteiger partial charge on any atom is -1.00 e. The fourth-order valence-corrected chi connectivity index (χ4v) is 7.12. The van der Waals surface area contributed by atoms with E-state index in [1.165, 1.54) is 17.5 Å². The van der Waals surface area contributed by atoms with Gasteiger partial charge in [0, 0.05) is 0 Å². The van der Waals surface area contributed by atoms with E-state index < -0.39 is 23.2 Å². The standard InChI is InChI=1S/C11H11.C7H9.2ClH.Zr/c1-8-3-6-11-9(2)4-5-10(11)7-8;1-2-7-5-3-4-6-7;;;/h3,5-7,9H,1-2H3;3-6H,2H2,1H3;2*1H;/q;;;;+2/p-2. The molecule has 0 aromatic heterocycles. The molecule has 0 nitrogen and oxygen atoms in total. The molecule has 0 spiro atoms. The molecule has 1 atom stereocenters. The van der Waals surface area contributed by atoms with Crippen molar-refractivity contribution in [1.82, 2.24) is 0 Å². The Hall–Kier alpha value is -0.0969. The molecule has 21 heavy (non-hydrogen) atoms. The Labute approximate surface area is 152 Å². The molecule has 2 aliphatic rings. The second kappa shape index (κ2) is 7.45. The average Bonchev–Trinajstić information content (AvgIpc) is 2.97. The Morgan fingerprint density at radius 3 is 2.43 bits per heavy atom. The zero-order chi connectivity index (χ0) is 13.5. The summed E-state index contributed by atoms with van der Waals surface area (Å²) in [7, 11) is 0. The first-order valence-corrected chi connectivity index (χ1v) is 9.57. The van der Waals surface area contributed by atoms with E-state index >= 15 is 0 Å². The van der Waals surface area contributed by atoms with Crippen molar-refractivity contribution >= 4 is 6.08 Å². The van der Waals surface area contributed by atoms with Crippen molar-refractivity contribution in [2.45, 2.75) is 36.2 Å². The van der Waals surface area contributed by atoms with Crippen LogP contribution in [0, 0.1) is 6.92 Å². The van der Waals surface area contributed by atoms with Gasteiger partial charge in [0.25, 0.3) is 0 Å². The zero-order valence-electron chi connectivity index (χ0n) is 12.7. The Bertz CT molecular complexity index is 587. The predicted molar refractivity (Wildman–Crippen MR) is 78.8 cm³/mol. The van der Waals surface area contributed by atoms with E-state index in [0.717, 1.165) is 0 Å². The van der Waals surface area contributed by atoms with E-state index in [1.807, 2.05) is 0 Å². The topological polar surface area (TPSA) is 0 Å². The van der Waals surface area contributed by atoms with Crippen molar-refractivity contribution in [3.8, 4) is 0 Å². The van der Waals surface area contributed by atoms with Crippen LogP contribution in [0.1, 0.15) is 42.9 Å². The zero-order valence-corrected chi connectivity index (χ0v) is 16.6. The third kappa shape index (κ3) is 3.63. The summed E-state index contributed by atoms with van der Waals surface area (Å²) < 4.78 is 2.18. The fraction of sp³-hybridized carbons (Fsp3) is 0.333. The minimum absolute atomic E-state index is 0. The van der Waals surface area contributed by atoms with Gasteiger partial charge in [0.1, 0.15) is 0 Å². The van der Waals surface area contributed by atoms with Crippen molar-refractivity contribution in [3.05, 3.63) is 62.5 Å². The van der Waals surface area contributed by atoms with Gasteiger partial charge in [0.05, 0.1) is 0 Å². The largest absolute Gasteiger partial charge is 1.00 e. The number of hydrogen-bond donors (Lipinski definition) is 0. The minimum Gasteiger partial charge on any atom is -1.00 e. The van der Waals surface area contributed by atoms with Crippen LogP contribution in [0.25, 0.3) is 6.08 Å². The third-order valence-corrected chi connectivity index (χ3v) is 9.31. The molecular formula is C18H20Cl2Zr. The molecule has 1 aromatic rings. The summed E-state index contributed by atoms with van der Waals surface area (Å²) in [5.41, 5.74) is 4.39. The summed E-state index contributed by atoms with van der Waals surface area (Å²) in [4.78, 5) is 0. The summed E-state index contributed by atoms with van der Waals surface area (Å²) in [6.07, 6.45) is 13.1. The van der Waals surface area contributed by atoms with E-state index in [0.29, 0.717) is 9.04 Å². The molecule has 0 heterocycles. The molecule has 3 heteroatoms. The number of benzene rings is 1. The van der Waals surface area contributed by atoms with E-state index in [2.05, 4.69) is 69.4 Å². The number of rotatable bonds is 3. The van der Waals surface area contributed by atoms with Crippen LogP contribution in [0.4, 0.5) is 0 Å². The number of hydrogen-bond acceptors (Lipinski definition) is 0. The predicted octanol–water partition coefficient (Wildman–Crippen LogP) is -0.762. The number of fused-ring (bicyclic) bond motifs is 1. The van der Waals surface area contributed by atoms with Crippen molar-refractivity contribution in [1.29, 1.82) is 0 Å². The van der Waals surface area contributed by atoms with Gasteiger partial charge in [-0.15, -0.1) is 0 Å². The van der Waals surface area contributed by atoms with Crippen LogP contribution in [0.3, 0.4) is 0 Å². The summed E-state index contributed by atoms with van der Waals surface area (Å²) >= 11 is -0.601. The second-order valence-electron chi connectivity index (χ2n) is 5.69. The smallest absolute Gasteiger partial charge is 1.00 e. The summed E-state index contributed by atoms with van der Waals surface area (Å²) in [5, 5.41) is 0. The Morgan fingerprint density at radius 1 is 1.14 bits per heavy atom. The van der Waals surface area contributed by atoms with Gasteiger partial charge in [0.15, 0.2) is 0 Å². The van der Waals surface area contributed by atoms with Crippen molar-refractivity contribution in [3.63, 3.8) is 0 Å². The summed E-state index contributed by atoms with van der Waals surface area (Å²) in [6, 6.07) is 6.93. The molecule has 0 amide bonds. The van der Waals surface area contributed by atoms with E-state index in [9.17, 15) is 0 Å². The third-order valence-electron chi connectivity index (χ3n) is 4.35. The molecular weight excluding hydrogens is 378 g/mol. The Kier molecular flexibility index (Phi) is 6.72.